The minimum absolute atomic E-state index is 0.0396. The van der Waals surface area contributed by atoms with Crippen LogP contribution in [0.3, 0.4) is 0 Å². The molecule has 0 saturated carbocycles. The molecule has 0 unspecified atom stereocenters. The van der Waals surface area contributed by atoms with Gasteiger partial charge in [0.15, 0.2) is 5.78 Å². The van der Waals surface area contributed by atoms with Crippen LogP contribution in [0.2, 0.25) is 0 Å². The summed E-state index contributed by atoms with van der Waals surface area (Å²) in [6.45, 7) is 2.84. The van der Waals surface area contributed by atoms with E-state index in [0.717, 1.165) is 16.6 Å². The van der Waals surface area contributed by atoms with E-state index in [2.05, 4.69) is 15.9 Å². The Bertz CT molecular complexity index is 363. The van der Waals surface area contributed by atoms with Crippen LogP contribution in [0.25, 0.3) is 0 Å². The predicted molar refractivity (Wildman–Crippen MR) is 66.1 cm³/mol. The number of Topliss-reactive ketones (excluding diaryl/α,β-unsaturated/α-hetero) is 1. The summed E-state index contributed by atoms with van der Waals surface area (Å²) in [5.41, 5.74) is 0.671. The molecule has 0 radical (unpaired) electrons. The fraction of sp³-hybridized carbons (Fsp3) is 0.417. The Morgan fingerprint density at radius 2 is 2.12 bits per heavy atom. The molecule has 0 amide bonds. The first-order chi connectivity index (χ1) is 7.65. The summed E-state index contributed by atoms with van der Waals surface area (Å²) in [7, 11) is 1.66. The Balaban J connectivity index is 2.56. The zero-order valence-electron chi connectivity index (χ0n) is 9.46. The van der Waals surface area contributed by atoms with Crippen LogP contribution in [0.5, 0.6) is 5.75 Å². The molecule has 0 aliphatic rings. The van der Waals surface area contributed by atoms with Crippen LogP contribution < -0.4 is 4.74 Å². The molecule has 0 N–H and O–H groups in total. The summed E-state index contributed by atoms with van der Waals surface area (Å²) in [6, 6.07) is 5.37. The van der Waals surface area contributed by atoms with Crippen LogP contribution >= 0.6 is 15.9 Å². The summed E-state index contributed by atoms with van der Waals surface area (Å²) in [5.74, 6) is 0.797. The third-order valence-electron chi connectivity index (χ3n) is 2.08. The highest BCUT2D eigenvalue weighted by atomic mass is 79.9. The average Bonchev–Trinajstić information content (AvgIpc) is 2.24. The molecule has 88 valence electrons. The molecule has 0 saturated heterocycles. The van der Waals surface area contributed by atoms with E-state index in [9.17, 15) is 4.79 Å². The Labute approximate surface area is 104 Å². The first kappa shape index (κ1) is 13.2. The number of hydrogen-bond donors (Lipinski definition) is 0. The normalized spacial score (nSPS) is 10.2. The van der Waals surface area contributed by atoms with Gasteiger partial charge in [-0.2, -0.15) is 0 Å². The van der Waals surface area contributed by atoms with Gasteiger partial charge in [0.05, 0.1) is 6.61 Å². The van der Waals surface area contributed by atoms with Gasteiger partial charge in [-0.1, -0.05) is 0 Å². The molecule has 1 aromatic rings. The van der Waals surface area contributed by atoms with Crippen LogP contribution in [0.15, 0.2) is 22.7 Å². The van der Waals surface area contributed by atoms with Crippen molar-refractivity contribution in [3.05, 3.63) is 28.2 Å². The fourth-order valence-corrected chi connectivity index (χ4v) is 1.90. The van der Waals surface area contributed by atoms with E-state index in [1.807, 2.05) is 6.07 Å². The number of ketones is 1. The highest BCUT2D eigenvalue weighted by Crippen LogP contribution is 2.23. The van der Waals surface area contributed by atoms with Crippen LogP contribution in [-0.4, -0.2) is 26.1 Å². The van der Waals surface area contributed by atoms with Gasteiger partial charge in [0.2, 0.25) is 0 Å². The second kappa shape index (κ2) is 6.66. The number of rotatable bonds is 6. The van der Waals surface area contributed by atoms with E-state index in [4.69, 9.17) is 9.47 Å². The Kier molecular flexibility index (Phi) is 5.49. The number of hydrogen-bond acceptors (Lipinski definition) is 3. The Morgan fingerprint density at radius 1 is 1.38 bits per heavy atom. The fourth-order valence-electron chi connectivity index (χ4n) is 1.26. The molecule has 1 aromatic carbocycles. The summed E-state index contributed by atoms with van der Waals surface area (Å²) < 4.78 is 11.2. The lowest BCUT2D eigenvalue weighted by Crippen LogP contribution is -2.02. The molecular weight excluding hydrogens is 272 g/mol. The first-order valence-electron chi connectivity index (χ1n) is 5.07. The van der Waals surface area contributed by atoms with Gasteiger partial charge in [-0.3, -0.25) is 4.79 Å². The molecule has 16 heavy (non-hydrogen) atoms. The molecule has 0 aliphatic carbocycles. The lowest BCUT2D eigenvalue weighted by molar-refractivity contribution is 0.101. The number of carbonyl (C=O) groups excluding carboxylic acids is 1. The van der Waals surface area contributed by atoms with Crippen LogP contribution in [-0.2, 0) is 4.74 Å². The van der Waals surface area contributed by atoms with Gasteiger partial charge in [-0.25, -0.2) is 0 Å². The lowest BCUT2D eigenvalue weighted by Gasteiger charge is -2.07. The maximum Gasteiger partial charge on any atom is 0.160 e. The van der Waals surface area contributed by atoms with Gasteiger partial charge in [0.1, 0.15) is 5.75 Å². The third kappa shape index (κ3) is 3.94. The summed E-state index contributed by atoms with van der Waals surface area (Å²) in [5, 5.41) is 0. The maximum absolute atomic E-state index is 11.2. The quantitative estimate of drug-likeness (QED) is 0.596. The van der Waals surface area contributed by atoms with Crippen molar-refractivity contribution >= 4 is 21.7 Å². The Hall–Kier alpha value is -0.870. The van der Waals surface area contributed by atoms with E-state index < -0.39 is 0 Å². The van der Waals surface area contributed by atoms with Crippen LogP contribution in [0.1, 0.15) is 23.7 Å². The summed E-state index contributed by atoms with van der Waals surface area (Å²) >= 11 is 3.34. The number of carbonyl (C=O) groups is 1. The van der Waals surface area contributed by atoms with Gasteiger partial charge in [0.25, 0.3) is 0 Å². The van der Waals surface area contributed by atoms with E-state index in [-0.39, 0.29) is 5.78 Å². The number of halogens is 1. The summed E-state index contributed by atoms with van der Waals surface area (Å²) in [6.07, 6.45) is 0.850. The second-order valence-electron chi connectivity index (χ2n) is 3.39. The van der Waals surface area contributed by atoms with Crippen LogP contribution in [0.4, 0.5) is 0 Å². The van der Waals surface area contributed by atoms with Crippen molar-refractivity contribution in [2.45, 2.75) is 13.3 Å². The average molecular weight is 287 g/mol. The van der Waals surface area contributed by atoms with Crippen molar-refractivity contribution in [1.82, 2.24) is 0 Å². The van der Waals surface area contributed by atoms with Crippen molar-refractivity contribution in [3.8, 4) is 5.75 Å². The molecule has 0 bridgehead atoms. The first-order valence-corrected chi connectivity index (χ1v) is 5.86. The van der Waals surface area contributed by atoms with Crippen LogP contribution in [0, 0.1) is 0 Å². The molecule has 0 aliphatic heterocycles. The van der Waals surface area contributed by atoms with E-state index in [0.29, 0.717) is 18.8 Å². The van der Waals surface area contributed by atoms with Gasteiger partial charge >= 0.3 is 0 Å². The van der Waals surface area contributed by atoms with Crippen molar-refractivity contribution in [3.63, 3.8) is 0 Å². The maximum atomic E-state index is 11.2. The topological polar surface area (TPSA) is 35.5 Å². The van der Waals surface area contributed by atoms with Gasteiger partial charge in [-0.05, 0) is 41.1 Å². The molecule has 0 aromatic heterocycles. The monoisotopic (exact) mass is 286 g/mol. The van der Waals surface area contributed by atoms with E-state index >= 15 is 0 Å². The zero-order chi connectivity index (χ0) is 12.0. The molecule has 4 heteroatoms. The molecule has 1 rings (SSSR count). The number of methoxy groups -OCH3 is 1. The molecule has 0 spiro atoms. The molecule has 0 fully saturated rings. The standard InChI is InChI=1S/C12H15BrO3/c1-9(14)11-5-4-10(8-12(11)13)16-7-3-6-15-2/h4-5,8H,3,6-7H2,1-2H3. The van der Waals surface area contributed by atoms with Gasteiger partial charge < -0.3 is 9.47 Å². The minimum atomic E-state index is 0.0396. The molecule has 0 atom stereocenters. The third-order valence-corrected chi connectivity index (χ3v) is 2.74. The predicted octanol–water partition coefficient (Wildman–Crippen LogP) is 3.07. The van der Waals surface area contributed by atoms with E-state index in [1.54, 1.807) is 26.2 Å². The summed E-state index contributed by atoms with van der Waals surface area (Å²) in [4.78, 5) is 11.2. The lowest BCUT2D eigenvalue weighted by atomic mass is 10.1. The van der Waals surface area contributed by atoms with Gasteiger partial charge in [-0.15, -0.1) is 0 Å². The smallest absolute Gasteiger partial charge is 0.160 e. The molecular formula is C12H15BrO3. The highest BCUT2D eigenvalue weighted by molar-refractivity contribution is 9.10. The van der Waals surface area contributed by atoms with Gasteiger partial charge in [0, 0.05) is 30.2 Å². The number of ether oxygens (including phenoxy) is 2. The largest absolute Gasteiger partial charge is 0.493 e. The van der Waals surface area contributed by atoms with Crippen molar-refractivity contribution in [2.24, 2.45) is 0 Å². The molecule has 0 heterocycles. The van der Waals surface area contributed by atoms with E-state index in [1.165, 1.54) is 0 Å². The zero-order valence-corrected chi connectivity index (χ0v) is 11.0. The van der Waals surface area contributed by atoms with Crippen molar-refractivity contribution < 1.29 is 14.3 Å². The van der Waals surface area contributed by atoms with Crippen molar-refractivity contribution in [1.29, 1.82) is 0 Å². The highest BCUT2D eigenvalue weighted by Gasteiger charge is 2.06. The number of benzene rings is 1. The Morgan fingerprint density at radius 3 is 2.69 bits per heavy atom. The SMILES string of the molecule is COCCCOc1ccc(C(C)=O)c(Br)c1. The van der Waals surface area contributed by atoms with Crippen molar-refractivity contribution in [2.75, 3.05) is 20.3 Å². The second-order valence-corrected chi connectivity index (χ2v) is 4.25. The molecule has 3 nitrogen and oxygen atoms in total. The minimum Gasteiger partial charge on any atom is -0.493 e.